The van der Waals surface area contributed by atoms with Crippen LogP contribution >= 0.6 is 15.9 Å². The minimum absolute atomic E-state index is 0.173. The number of carbonyl (C=O) groups excluding carboxylic acids is 2. The van der Waals surface area contributed by atoms with Gasteiger partial charge in [-0.3, -0.25) is 9.59 Å². The molecular formula is C26H26BrN3O3. The number of hydrazone groups is 1. The molecule has 0 fully saturated rings. The first-order valence-corrected chi connectivity index (χ1v) is 11.8. The van der Waals surface area contributed by atoms with Crippen LogP contribution in [0.5, 0.6) is 0 Å². The third-order valence-corrected chi connectivity index (χ3v) is 6.32. The number of halogens is 1. The summed E-state index contributed by atoms with van der Waals surface area (Å²) in [6, 6.07) is 15.0. The van der Waals surface area contributed by atoms with Crippen LogP contribution in [0.2, 0.25) is 0 Å². The molecule has 2 aromatic carbocycles. The van der Waals surface area contributed by atoms with Crippen LogP contribution in [0, 0.1) is 13.8 Å². The van der Waals surface area contributed by atoms with E-state index in [4.69, 9.17) is 4.42 Å². The molecule has 0 saturated heterocycles. The molecule has 1 N–H and O–H groups in total. The second-order valence-electron chi connectivity index (χ2n) is 8.10. The van der Waals surface area contributed by atoms with Gasteiger partial charge in [-0.2, -0.15) is 5.10 Å². The first-order valence-electron chi connectivity index (χ1n) is 11.0. The zero-order chi connectivity index (χ0) is 23.5. The van der Waals surface area contributed by atoms with E-state index in [1.165, 1.54) is 0 Å². The lowest BCUT2D eigenvalue weighted by Crippen LogP contribution is -2.31. The number of hydrogen-bond donors (Lipinski definition) is 1. The number of benzene rings is 2. The topological polar surface area (TPSA) is 74.9 Å². The van der Waals surface area contributed by atoms with Gasteiger partial charge in [-0.05, 0) is 75.6 Å². The molecule has 2 amide bonds. The fourth-order valence-corrected chi connectivity index (χ4v) is 4.39. The third kappa shape index (κ3) is 4.78. The molecule has 7 heteroatoms. The van der Waals surface area contributed by atoms with Gasteiger partial charge in [0, 0.05) is 39.8 Å². The Hall–Kier alpha value is -3.19. The van der Waals surface area contributed by atoms with Gasteiger partial charge in [0.2, 0.25) is 0 Å². The predicted molar refractivity (Wildman–Crippen MR) is 133 cm³/mol. The largest absolute Gasteiger partial charge is 0.455 e. The Morgan fingerprint density at radius 1 is 1.12 bits per heavy atom. The van der Waals surface area contributed by atoms with Crippen molar-refractivity contribution >= 4 is 39.1 Å². The van der Waals surface area contributed by atoms with Crippen molar-refractivity contribution in [3.63, 3.8) is 0 Å². The van der Waals surface area contributed by atoms with Crippen molar-refractivity contribution in [2.24, 2.45) is 5.10 Å². The van der Waals surface area contributed by atoms with Gasteiger partial charge in [0.1, 0.15) is 5.76 Å². The van der Waals surface area contributed by atoms with Crippen LogP contribution in [-0.2, 0) is 6.42 Å². The number of nitrogens with zero attached hydrogens (tertiary/aromatic N) is 2. The smallest absolute Gasteiger partial charge is 0.294 e. The highest BCUT2D eigenvalue weighted by molar-refractivity contribution is 9.10. The van der Waals surface area contributed by atoms with Gasteiger partial charge in [-0.25, -0.2) is 5.43 Å². The Morgan fingerprint density at radius 3 is 2.58 bits per heavy atom. The zero-order valence-corrected chi connectivity index (χ0v) is 20.5. The zero-order valence-electron chi connectivity index (χ0n) is 18.9. The van der Waals surface area contributed by atoms with E-state index in [0.717, 1.165) is 51.2 Å². The average molecular weight is 508 g/mol. The number of fused-ring (bicyclic) bond motifs is 1. The number of amides is 2. The van der Waals surface area contributed by atoms with E-state index in [2.05, 4.69) is 26.5 Å². The molecule has 3 aromatic rings. The number of nitrogens with one attached hydrogen (secondary N) is 1. The first kappa shape index (κ1) is 23.0. The van der Waals surface area contributed by atoms with Gasteiger partial charge in [0.15, 0.2) is 5.76 Å². The van der Waals surface area contributed by atoms with Crippen molar-refractivity contribution in [2.75, 3.05) is 11.4 Å². The molecule has 6 nitrogen and oxygen atoms in total. The van der Waals surface area contributed by atoms with E-state index >= 15 is 0 Å². The summed E-state index contributed by atoms with van der Waals surface area (Å²) in [7, 11) is 0. The molecule has 1 aromatic heterocycles. The van der Waals surface area contributed by atoms with Crippen LogP contribution < -0.4 is 10.3 Å². The Kier molecular flexibility index (Phi) is 6.79. The van der Waals surface area contributed by atoms with Crippen LogP contribution in [0.25, 0.3) is 0 Å². The van der Waals surface area contributed by atoms with E-state index in [1.54, 1.807) is 17.0 Å². The second kappa shape index (κ2) is 9.75. The molecule has 0 saturated carbocycles. The van der Waals surface area contributed by atoms with Gasteiger partial charge in [-0.15, -0.1) is 0 Å². The molecule has 170 valence electrons. The predicted octanol–water partition coefficient (Wildman–Crippen LogP) is 5.80. The molecular weight excluding hydrogens is 482 g/mol. The molecule has 0 unspecified atom stereocenters. The maximum Gasteiger partial charge on any atom is 0.294 e. The lowest BCUT2D eigenvalue weighted by Gasteiger charge is -2.20. The van der Waals surface area contributed by atoms with Crippen molar-refractivity contribution in [3.8, 4) is 0 Å². The molecule has 0 atom stereocenters. The molecule has 0 spiro atoms. The fraction of sp³-hybridized carbons (Fsp3) is 0.269. The van der Waals surface area contributed by atoms with Crippen molar-refractivity contribution in [2.45, 2.75) is 40.0 Å². The van der Waals surface area contributed by atoms with Gasteiger partial charge >= 0.3 is 0 Å². The molecule has 0 radical (unpaired) electrons. The Labute approximate surface area is 201 Å². The number of hydrogen-bond acceptors (Lipinski definition) is 4. The molecule has 1 heterocycles. The van der Waals surface area contributed by atoms with Crippen molar-refractivity contribution in [1.82, 2.24) is 5.43 Å². The van der Waals surface area contributed by atoms with Crippen LogP contribution in [-0.4, -0.2) is 24.1 Å². The summed E-state index contributed by atoms with van der Waals surface area (Å²) in [5.41, 5.74) is 7.44. The number of furan rings is 1. The van der Waals surface area contributed by atoms with Gasteiger partial charge in [0.25, 0.3) is 11.8 Å². The Morgan fingerprint density at radius 2 is 1.88 bits per heavy atom. The number of anilines is 1. The summed E-state index contributed by atoms with van der Waals surface area (Å²) in [5.74, 6) is 0.626. The lowest BCUT2D eigenvalue weighted by atomic mass is 9.93. The maximum atomic E-state index is 13.4. The van der Waals surface area contributed by atoms with Gasteiger partial charge in [-0.1, -0.05) is 28.1 Å². The minimum Gasteiger partial charge on any atom is -0.455 e. The highest BCUT2D eigenvalue weighted by Crippen LogP contribution is 2.31. The Bertz CT molecular complexity index is 1230. The maximum absolute atomic E-state index is 13.4. The number of carbonyl (C=O) groups is 2. The van der Waals surface area contributed by atoms with E-state index < -0.39 is 0 Å². The lowest BCUT2D eigenvalue weighted by molar-refractivity contribution is 0.0949. The summed E-state index contributed by atoms with van der Waals surface area (Å²) < 4.78 is 6.98. The SMILES string of the molecule is CCN(C(=O)c1oc2c(c1C)/C(=N/NC(=O)c1ccc(Br)cc1)CCC2)c1cccc(C)c1. The van der Waals surface area contributed by atoms with Gasteiger partial charge in [0.05, 0.1) is 5.71 Å². The molecule has 33 heavy (non-hydrogen) atoms. The van der Waals surface area contributed by atoms with E-state index in [9.17, 15) is 9.59 Å². The van der Waals surface area contributed by atoms with Crippen molar-refractivity contribution in [1.29, 1.82) is 0 Å². The normalized spacial score (nSPS) is 14.1. The van der Waals surface area contributed by atoms with Crippen LogP contribution in [0.15, 0.2) is 62.5 Å². The van der Waals surface area contributed by atoms with E-state index in [-0.39, 0.29) is 11.8 Å². The highest BCUT2D eigenvalue weighted by atomic mass is 79.9. The molecule has 0 aliphatic heterocycles. The van der Waals surface area contributed by atoms with Crippen LogP contribution in [0.4, 0.5) is 5.69 Å². The van der Waals surface area contributed by atoms with Crippen LogP contribution in [0.1, 0.15) is 63.1 Å². The van der Waals surface area contributed by atoms with E-state index in [1.807, 2.05) is 57.2 Å². The summed E-state index contributed by atoms with van der Waals surface area (Å²) in [6.07, 6.45) is 2.28. The minimum atomic E-state index is -0.281. The first-order chi connectivity index (χ1) is 15.9. The fourth-order valence-electron chi connectivity index (χ4n) is 4.13. The molecule has 1 aliphatic rings. The average Bonchev–Trinajstić information content (AvgIpc) is 3.15. The third-order valence-electron chi connectivity index (χ3n) is 5.79. The molecule has 0 bridgehead atoms. The second-order valence-corrected chi connectivity index (χ2v) is 9.02. The monoisotopic (exact) mass is 507 g/mol. The number of aryl methyl sites for hydroxylation is 2. The molecule has 4 rings (SSSR count). The summed E-state index contributed by atoms with van der Waals surface area (Å²) >= 11 is 3.37. The summed E-state index contributed by atoms with van der Waals surface area (Å²) in [6.45, 7) is 6.36. The van der Waals surface area contributed by atoms with Crippen LogP contribution in [0.3, 0.4) is 0 Å². The highest BCUT2D eigenvalue weighted by Gasteiger charge is 2.30. The quantitative estimate of drug-likeness (QED) is 0.443. The van der Waals surface area contributed by atoms with Crippen molar-refractivity contribution < 1.29 is 14.0 Å². The Balaban J connectivity index is 1.62. The standard InChI is InChI=1S/C26H26BrN3O3/c1-4-30(20-8-5-7-16(2)15-20)26(32)24-17(3)23-21(9-6-10-22(23)33-24)28-29-25(31)18-11-13-19(27)14-12-18/h5,7-8,11-15H,4,6,9-10H2,1-3H3,(H,29,31)/b28-21+. The molecule has 1 aliphatic carbocycles. The van der Waals surface area contributed by atoms with E-state index in [0.29, 0.717) is 24.3 Å². The summed E-state index contributed by atoms with van der Waals surface area (Å²) in [5, 5.41) is 4.41. The van der Waals surface area contributed by atoms with Gasteiger partial charge < -0.3 is 9.32 Å². The van der Waals surface area contributed by atoms with Crippen molar-refractivity contribution in [3.05, 3.63) is 86.8 Å². The number of rotatable bonds is 5. The summed E-state index contributed by atoms with van der Waals surface area (Å²) in [4.78, 5) is 27.7.